The van der Waals surface area contributed by atoms with Crippen LogP contribution in [0.25, 0.3) is 0 Å². The highest BCUT2D eigenvalue weighted by atomic mass is 35.5. The number of nitrogens with one attached hydrogen (secondary N) is 1. The van der Waals surface area contributed by atoms with E-state index >= 15 is 0 Å². The molecule has 0 fully saturated rings. The second-order valence-electron chi connectivity index (χ2n) is 3.26. The number of benzene rings is 1. The Bertz CT molecular complexity index is 567. The van der Waals surface area contributed by atoms with Crippen LogP contribution >= 0.6 is 34.9 Å². The number of nitrogen functional groups attached to an aromatic ring is 1. The van der Waals surface area contributed by atoms with Crippen molar-refractivity contribution in [1.29, 1.82) is 5.41 Å². The molecular formula is C10H9ClN4S2. The SMILES string of the molecule is Cc1nsc(Sc2ccc(C(=N)N)c(Cl)c2)n1. The summed E-state index contributed by atoms with van der Waals surface area (Å²) in [5.41, 5.74) is 5.94. The fourth-order valence-corrected chi connectivity index (χ4v) is 3.21. The lowest BCUT2D eigenvalue weighted by atomic mass is 10.2. The Kier molecular flexibility index (Phi) is 3.66. The predicted octanol–water partition coefficient (Wildman–Crippen LogP) is 2.94. The van der Waals surface area contributed by atoms with Gasteiger partial charge in [0, 0.05) is 10.5 Å². The van der Waals surface area contributed by atoms with Crippen molar-refractivity contribution < 1.29 is 0 Å². The number of hydrogen-bond donors (Lipinski definition) is 2. The fourth-order valence-electron chi connectivity index (χ4n) is 1.20. The molecular weight excluding hydrogens is 276 g/mol. The van der Waals surface area contributed by atoms with Crippen molar-refractivity contribution in [2.24, 2.45) is 5.73 Å². The summed E-state index contributed by atoms with van der Waals surface area (Å²) in [6.45, 7) is 1.85. The lowest BCUT2D eigenvalue weighted by molar-refractivity contribution is 1.10. The zero-order valence-electron chi connectivity index (χ0n) is 8.90. The third kappa shape index (κ3) is 2.96. The van der Waals surface area contributed by atoms with Crippen LogP contribution in [0.3, 0.4) is 0 Å². The minimum Gasteiger partial charge on any atom is -0.384 e. The monoisotopic (exact) mass is 284 g/mol. The molecule has 17 heavy (non-hydrogen) atoms. The first-order valence-corrected chi connectivity index (χ1v) is 6.65. The van der Waals surface area contributed by atoms with Crippen LogP contribution in [0.5, 0.6) is 0 Å². The molecule has 88 valence electrons. The van der Waals surface area contributed by atoms with Gasteiger partial charge in [0.25, 0.3) is 0 Å². The molecule has 1 aromatic heterocycles. The van der Waals surface area contributed by atoms with Crippen molar-refractivity contribution in [3.8, 4) is 0 Å². The summed E-state index contributed by atoms with van der Waals surface area (Å²) in [5.74, 6) is 0.738. The van der Waals surface area contributed by atoms with E-state index in [1.54, 1.807) is 12.1 Å². The lowest BCUT2D eigenvalue weighted by Crippen LogP contribution is -2.11. The zero-order valence-corrected chi connectivity index (χ0v) is 11.3. The van der Waals surface area contributed by atoms with Gasteiger partial charge in [-0.15, -0.1) is 0 Å². The minimum atomic E-state index is -0.0293. The van der Waals surface area contributed by atoms with Gasteiger partial charge in [0.2, 0.25) is 0 Å². The van der Waals surface area contributed by atoms with E-state index < -0.39 is 0 Å². The van der Waals surface area contributed by atoms with Crippen LogP contribution in [-0.4, -0.2) is 15.2 Å². The summed E-state index contributed by atoms with van der Waals surface area (Å²) in [5, 5.41) is 7.81. The maximum Gasteiger partial charge on any atom is 0.174 e. The maximum atomic E-state index is 7.34. The van der Waals surface area contributed by atoms with Crippen molar-refractivity contribution in [2.75, 3.05) is 0 Å². The second-order valence-corrected chi connectivity index (χ2v) is 5.74. The van der Waals surface area contributed by atoms with Gasteiger partial charge in [-0.2, -0.15) is 4.37 Å². The van der Waals surface area contributed by atoms with Crippen molar-refractivity contribution in [3.05, 3.63) is 34.6 Å². The molecule has 0 saturated heterocycles. The molecule has 0 aliphatic heterocycles. The number of hydrogen-bond acceptors (Lipinski definition) is 5. The van der Waals surface area contributed by atoms with Crippen molar-refractivity contribution >= 4 is 40.7 Å². The van der Waals surface area contributed by atoms with Crippen molar-refractivity contribution in [2.45, 2.75) is 16.2 Å². The molecule has 0 spiro atoms. The molecule has 0 aliphatic carbocycles. The second kappa shape index (κ2) is 5.03. The molecule has 2 rings (SSSR count). The summed E-state index contributed by atoms with van der Waals surface area (Å²) >= 11 is 8.87. The third-order valence-electron chi connectivity index (χ3n) is 1.94. The third-order valence-corrected chi connectivity index (χ3v) is 4.09. The van der Waals surface area contributed by atoms with E-state index in [1.807, 2.05) is 13.0 Å². The van der Waals surface area contributed by atoms with Gasteiger partial charge in [0.05, 0.1) is 5.02 Å². The Morgan fingerprint density at radius 3 is 2.82 bits per heavy atom. The van der Waals surface area contributed by atoms with E-state index in [0.717, 1.165) is 15.1 Å². The molecule has 0 radical (unpaired) electrons. The molecule has 0 unspecified atom stereocenters. The first-order chi connectivity index (χ1) is 8.06. The smallest absolute Gasteiger partial charge is 0.174 e. The molecule has 1 aromatic carbocycles. The van der Waals surface area contributed by atoms with E-state index in [4.69, 9.17) is 22.7 Å². The zero-order chi connectivity index (χ0) is 12.4. The molecule has 0 amide bonds. The lowest BCUT2D eigenvalue weighted by Gasteiger charge is -2.03. The number of aryl methyl sites for hydroxylation is 1. The molecule has 0 atom stereocenters. The maximum absolute atomic E-state index is 7.34. The Morgan fingerprint density at radius 1 is 1.53 bits per heavy atom. The molecule has 0 aliphatic rings. The van der Waals surface area contributed by atoms with E-state index in [-0.39, 0.29) is 5.84 Å². The summed E-state index contributed by atoms with van der Waals surface area (Å²) in [6, 6.07) is 5.38. The van der Waals surface area contributed by atoms with E-state index in [0.29, 0.717) is 10.6 Å². The molecule has 0 saturated carbocycles. The summed E-state index contributed by atoms with van der Waals surface area (Å²) in [7, 11) is 0. The molecule has 0 bridgehead atoms. The highest BCUT2D eigenvalue weighted by Gasteiger charge is 2.07. The van der Waals surface area contributed by atoms with Crippen LogP contribution in [-0.2, 0) is 0 Å². The van der Waals surface area contributed by atoms with Crippen LogP contribution < -0.4 is 5.73 Å². The van der Waals surface area contributed by atoms with E-state index in [9.17, 15) is 0 Å². The van der Waals surface area contributed by atoms with Crippen LogP contribution in [0.4, 0.5) is 0 Å². The van der Waals surface area contributed by atoms with Gasteiger partial charge in [-0.25, -0.2) is 4.98 Å². The van der Waals surface area contributed by atoms with Crippen LogP contribution in [0.1, 0.15) is 11.4 Å². The van der Waals surface area contributed by atoms with Crippen molar-refractivity contribution in [1.82, 2.24) is 9.36 Å². The summed E-state index contributed by atoms with van der Waals surface area (Å²) in [4.78, 5) is 5.21. The average molecular weight is 285 g/mol. The average Bonchev–Trinajstić information content (AvgIpc) is 2.63. The van der Waals surface area contributed by atoms with Crippen molar-refractivity contribution in [3.63, 3.8) is 0 Å². The number of rotatable bonds is 3. The predicted molar refractivity (Wildman–Crippen MR) is 71.2 cm³/mol. The number of amidine groups is 1. The minimum absolute atomic E-state index is 0.0293. The first-order valence-electron chi connectivity index (χ1n) is 4.68. The number of nitrogens with zero attached hydrogens (tertiary/aromatic N) is 2. The molecule has 4 nitrogen and oxygen atoms in total. The topological polar surface area (TPSA) is 75.7 Å². The summed E-state index contributed by atoms with van der Waals surface area (Å²) in [6.07, 6.45) is 0. The quantitative estimate of drug-likeness (QED) is 0.671. The van der Waals surface area contributed by atoms with Gasteiger partial charge in [-0.3, -0.25) is 5.41 Å². The van der Waals surface area contributed by atoms with Gasteiger partial charge in [0.1, 0.15) is 11.7 Å². The van der Waals surface area contributed by atoms with Gasteiger partial charge >= 0.3 is 0 Å². The molecule has 1 heterocycles. The fraction of sp³-hybridized carbons (Fsp3) is 0.100. The number of halogens is 1. The van der Waals surface area contributed by atoms with Gasteiger partial charge in [-0.05, 0) is 36.7 Å². The molecule has 7 heteroatoms. The normalized spacial score (nSPS) is 10.5. The Balaban J connectivity index is 2.23. The van der Waals surface area contributed by atoms with Gasteiger partial charge in [0.15, 0.2) is 4.34 Å². The van der Waals surface area contributed by atoms with E-state index in [2.05, 4.69) is 9.36 Å². The molecule has 2 aromatic rings. The number of aromatic nitrogens is 2. The van der Waals surface area contributed by atoms with Gasteiger partial charge < -0.3 is 5.73 Å². The summed E-state index contributed by atoms with van der Waals surface area (Å²) < 4.78 is 4.97. The molecule has 3 N–H and O–H groups in total. The number of nitrogens with two attached hydrogens (primary N) is 1. The van der Waals surface area contributed by atoms with Crippen LogP contribution in [0, 0.1) is 12.3 Å². The van der Waals surface area contributed by atoms with Crippen LogP contribution in [0.2, 0.25) is 5.02 Å². The Hall–Kier alpha value is -1.11. The Labute approximate surface area is 112 Å². The van der Waals surface area contributed by atoms with Crippen LogP contribution in [0.15, 0.2) is 27.4 Å². The highest BCUT2D eigenvalue weighted by molar-refractivity contribution is 8.01. The largest absolute Gasteiger partial charge is 0.384 e. The standard InChI is InChI=1S/C10H9ClN4S2/c1-5-14-10(17-15-5)16-6-2-3-7(9(12)13)8(11)4-6/h2-4H,1H3,(H3,12,13). The first kappa shape index (κ1) is 12.3. The van der Waals surface area contributed by atoms with Gasteiger partial charge in [-0.1, -0.05) is 23.4 Å². The van der Waals surface area contributed by atoms with E-state index in [1.165, 1.54) is 23.3 Å². The Morgan fingerprint density at radius 2 is 2.29 bits per heavy atom. The highest BCUT2D eigenvalue weighted by Crippen LogP contribution is 2.31.